The number of thiophene rings is 1. The molecule has 0 radical (unpaired) electrons. The molecule has 0 bridgehead atoms. The number of hydrogen-bond donors (Lipinski definition) is 1. The van der Waals surface area contributed by atoms with Crippen molar-refractivity contribution in [3.63, 3.8) is 0 Å². The first-order valence-electron chi connectivity index (χ1n) is 3.95. The van der Waals surface area contributed by atoms with E-state index in [0.717, 1.165) is 4.83 Å². The van der Waals surface area contributed by atoms with Gasteiger partial charge in [-0.2, -0.15) is 0 Å². The van der Waals surface area contributed by atoms with E-state index in [9.17, 15) is 4.79 Å². The van der Waals surface area contributed by atoms with Crippen LogP contribution in [0.3, 0.4) is 0 Å². The van der Waals surface area contributed by atoms with Crippen molar-refractivity contribution in [1.82, 2.24) is 9.55 Å². The molecule has 2 rings (SSSR count). The number of nitrogens with two attached hydrogens (primary N) is 1. The Morgan fingerprint density at radius 2 is 2.20 bits per heavy atom. The van der Waals surface area contributed by atoms with Crippen LogP contribution in [-0.2, 0) is 6.54 Å². The monoisotopic (exact) mass is 267 g/mol. The van der Waals surface area contributed by atoms with Crippen molar-refractivity contribution in [3.8, 4) is 0 Å². The van der Waals surface area contributed by atoms with Crippen LogP contribution < -0.4 is 11.3 Å². The highest BCUT2D eigenvalue weighted by molar-refractivity contribution is 7.16. The van der Waals surface area contributed by atoms with E-state index in [4.69, 9.17) is 5.73 Å². The van der Waals surface area contributed by atoms with E-state index in [2.05, 4.69) is 4.98 Å². The van der Waals surface area contributed by atoms with E-state index in [1.165, 1.54) is 15.9 Å². The summed E-state index contributed by atoms with van der Waals surface area (Å²) in [4.78, 5) is 16.6. The van der Waals surface area contributed by atoms with Crippen LogP contribution in [0.4, 0.5) is 0 Å². The van der Waals surface area contributed by atoms with Gasteiger partial charge in [-0.25, -0.2) is 4.98 Å². The zero-order valence-corrected chi connectivity index (χ0v) is 10.2. The molecule has 0 saturated carbocycles. The van der Waals surface area contributed by atoms with Gasteiger partial charge in [0.05, 0.1) is 11.7 Å². The van der Waals surface area contributed by atoms with Gasteiger partial charge in [-0.3, -0.25) is 9.36 Å². The molecule has 0 spiro atoms. The van der Waals surface area contributed by atoms with Gasteiger partial charge < -0.3 is 5.73 Å². The first-order valence-corrected chi connectivity index (χ1v) is 4.83. The van der Waals surface area contributed by atoms with Gasteiger partial charge in [0.25, 0.3) is 5.56 Å². The lowest BCUT2D eigenvalue weighted by Gasteiger charge is -2.01. The van der Waals surface area contributed by atoms with Crippen LogP contribution in [0.25, 0.3) is 10.2 Å². The fourth-order valence-corrected chi connectivity index (χ4v) is 1.92. The Balaban J connectivity index is 0.000000980. The van der Waals surface area contributed by atoms with Crippen LogP contribution >= 0.6 is 36.2 Å². The third-order valence-electron chi connectivity index (χ3n) is 1.82. The maximum absolute atomic E-state index is 11.7. The summed E-state index contributed by atoms with van der Waals surface area (Å²) in [6.45, 7) is 0.981. The molecule has 2 heterocycles. The molecule has 0 amide bonds. The van der Waals surface area contributed by atoms with Gasteiger partial charge in [0.1, 0.15) is 4.83 Å². The molecule has 0 aliphatic heterocycles. The molecule has 2 aromatic heterocycles. The van der Waals surface area contributed by atoms with Crippen molar-refractivity contribution in [2.24, 2.45) is 5.73 Å². The molecular formula is C8H11Cl2N3OS. The lowest BCUT2D eigenvalue weighted by atomic mass is 10.4. The van der Waals surface area contributed by atoms with E-state index in [1.54, 1.807) is 12.4 Å². The molecule has 0 atom stereocenters. The Labute approximate surface area is 103 Å². The molecule has 84 valence electrons. The molecule has 0 aromatic carbocycles. The van der Waals surface area contributed by atoms with E-state index < -0.39 is 0 Å². The smallest absolute Gasteiger partial charge is 0.262 e. The second-order valence-electron chi connectivity index (χ2n) is 2.67. The lowest BCUT2D eigenvalue weighted by Crippen LogP contribution is -2.23. The molecule has 0 unspecified atom stereocenters. The fraction of sp³-hybridized carbons (Fsp3) is 0.250. The van der Waals surface area contributed by atoms with E-state index >= 15 is 0 Å². The van der Waals surface area contributed by atoms with Gasteiger partial charge in [-0.1, -0.05) is 0 Å². The lowest BCUT2D eigenvalue weighted by molar-refractivity contribution is 0.674. The highest BCUT2D eigenvalue weighted by Crippen LogP contribution is 2.12. The summed E-state index contributed by atoms with van der Waals surface area (Å²) in [7, 11) is 0. The average Bonchev–Trinajstić information content (AvgIpc) is 2.58. The molecule has 4 nitrogen and oxygen atoms in total. The van der Waals surface area contributed by atoms with Crippen LogP contribution in [0.2, 0.25) is 0 Å². The summed E-state index contributed by atoms with van der Waals surface area (Å²) in [5.41, 5.74) is 5.36. The highest BCUT2D eigenvalue weighted by atomic mass is 35.5. The molecule has 2 N–H and O–H groups in total. The SMILES string of the molecule is Cl.Cl.NCCn1cnc2sccc2c1=O. The normalized spacial score (nSPS) is 9.40. The Bertz CT molecular complexity index is 482. The first-order chi connectivity index (χ1) is 6.33. The van der Waals surface area contributed by atoms with Crippen molar-refractivity contribution in [3.05, 3.63) is 28.1 Å². The second kappa shape index (κ2) is 6.07. The molecule has 0 saturated heterocycles. The van der Waals surface area contributed by atoms with Crippen molar-refractivity contribution < 1.29 is 0 Å². The van der Waals surface area contributed by atoms with Gasteiger partial charge >= 0.3 is 0 Å². The van der Waals surface area contributed by atoms with Crippen LogP contribution in [0.5, 0.6) is 0 Å². The quantitative estimate of drug-likeness (QED) is 0.892. The Morgan fingerprint density at radius 1 is 1.47 bits per heavy atom. The van der Waals surface area contributed by atoms with Gasteiger partial charge in [-0.05, 0) is 11.4 Å². The summed E-state index contributed by atoms with van der Waals surface area (Å²) in [5, 5.41) is 2.55. The summed E-state index contributed by atoms with van der Waals surface area (Å²) < 4.78 is 1.54. The molecule has 0 aliphatic carbocycles. The van der Waals surface area contributed by atoms with Crippen molar-refractivity contribution in [2.45, 2.75) is 6.54 Å². The van der Waals surface area contributed by atoms with Crippen LogP contribution in [-0.4, -0.2) is 16.1 Å². The summed E-state index contributed by atoms with van der Waals surface area (Å²) >= 11 is 1.47. The van der Waals surface area contributed by atoms with E-state index in [-0.39, 0.29) is 30.4 Å². The van der Waals surface area contributed by atoms with E-state index in [0.29, 0.717) is 18.5 Å². The predicted octanol–water partition coefficient (Wildman–Crippen LogP) is 1.26. The zero-order chi connectivity index (χ0) is 9.26. The second-order valence-corrected chi connectivity index (χ2v) is 3.57. The minimum Gasteiger partial charge on any atom is -0.329 e. The average molecular weight is 268 g/mol. The molecule has 2 aromatic rings. The van der Waals surface area contributed by atoms with Crippen LogP contribution in [0.1, 0.15) is 0 Å². The number of halogens is 2. The van der Waals surface area contributed by atoms with Crippen LogP contribution in [0, 0.1) is 0 Å². The number of hydrogen-bond acceptors (Lipinski definition) is 4. The Morgan fingerprint density at radius 3 is 2.87 bits per heavy atom. The van der Waals surface area contributed by atoms with Crippen molar-refractivity contribution in [2.75, 3.05) is 6.54 Å². The number of aromatic nitrogens is 2. The molecule has 15 heavy (non-hydrogen) atoms. The summed E-state index contributed by atoms with van der Waals surface area (Å²) in [5.74, 6) is 0. The third kappa shape index (κ3) is 2.69. The third-order valence-corrected chi connectivity index (χ3v) is 2.64. The van der Waals surface area contributed by atoms with E-state index in [1.807, 2.05) is 5.38 Å². The predicted molar refractivity (Wildman–Crippen MR) is 67.4 cm³/mol. The maximum atomic E-state index is 11.7. The standard InChI is InChI=1S/C8H9N3OS.2ClH/c9-2-3-11-5-10-7-6(8(11)12)1-4-13-7;;/h1,4-5H,2-3,9H2;2*1H. The largest absolute Gasteiger partial charge is 0.329 e. The first kappa shape index (κ1) is 14.4. The minimum atomic E-state index is -0.00306. The van der Waals surface area contributed by atoms with Gasteiger partial charge in [-0.15, -0.1) is 36.2 Å². The van der Waals surface area contributed by atoms with Crippen molar-refractivity contribution >= 4 is 46.4 Å². The molecule has 0 aliphatic rings. The Hall–Kier alpha value is -0.620. The van der Waals surface area contributed by atoms with Gasteiger partial charge in [0.15, 0.2) is 0 Å². The highest BCUT2D eigenvalue weighted by Gasteiger charge is 2.03. The fourth-order valence-electron chi connectivity index (χ4n) is 1.19. The summed E-state index contributed by atoms with van der Waals surface area (Å²) in [6, 6.07) is 1.79. The van der Waals surface area contributed by atoms with Crippen LogP contribution in [0.15, 0.2) is 22.6 Å². The van der Waals surface area contributed by atoms with Gasteiger partial charge in [0.2, 0.25) is 0 Å². The molecule has 7 heteroatoms. The minimum absolute atomic E-state index is 0. The maximum Gasteiger partial charge on any atom is 0.262 e. The zero-order valence-electron chi connectivity index (χ0n) is 7.75. The number of nitrogens with zero attached hydrogens (tertiary/aromatic N) is 2. The van der Waals surface area contributed by atoms with Gasteiger partial charge in [0, 0.05) is 13.1 Å². The number of rotatable bonds is 2. The Kier molecular flexibility index (Phi) is 5.82. The topological polar surface area (TPSA) is 60.9 Å². The molecule has 0 fully saturated rings. The summed E-state index contributed by atoms with van der Waals surface area (Å²) in [6.07, 6.45) is 1.55. The molecular weight excluding hydrogens is 257 g/mol. The number of fused-ring (bicyclic) bond motifs is 1. The van der Waals surface area contributed by atoms with Crippen molar-refractivity contribution in [1.29, 1.82) is 0 Å².